The third-order valence-corrected chi connectivity index (χ3v) is 4.67. The molecular formula is C14H20ClNO4S. The number of nitrogens with zero attached hydrogens (tertiary/aromatic N) is 1. The summed E-state index contributed by atoms with van der Waals surface area (Å²) >= 11 is 0. The predicted octanol–water partition coefficient (Wildman–Crippen LogP) is 2.34. The maximum Gasteiger partial charge on any atom is 0.261 e. The molecule has 0 saturated heterocycles. The summed E-state index contributed by atoms with van der Waals surface area (Å²) in [6.45, 7) is 4.52. The van der Waals surface area contributed by atoms with Crippen LogP contribution in [0.4, 0.5) is 0 Å². The highest BCUT2D eigenvalue weighted by Crippen LogP contribution is 2.24. The lowest BCUT2D eigenvalue weighted by atomic mass is 10.0. The molecule has 7 heteroatoms. The first-order valence-corrected chi connectivity index (χ1v) is 8.79. The maximum absolute atomic E-state index is 12.4. The third kappa shape index (κ3) is 4.69. The normalized spacial score (nSPS) is 11.5. The lowest BCUT2D eigenvalue weighted by Crippen LogP contribution is -2.29. The number of amides is 1. The van der Waals surface area contributed by atoms with Crippen LogP contribution >= 0.6 is 10.7 Å². The van der Waals surface area contributed by atoms with Crippen LogP contribution in [-0.2, 0) is 13.8 Å². The van der Waals surface area contributed by atoms with Crippen molar-refractivity contribution >= 4 is 25.6 Å². The Hall–Kier alpha value is -1.11. The van der Waals surface area contributed by atoms with Crippen molar-refractivity contribution in [1.82, 2.24) is 4.90 Å². The molecule has 21 heavy (non-hydrogen) atoms. The van der Waals surface area contributed by atoms with Gasteiger partial charge in [0.15, 0.2) is 0 Å². The van der Waals surface area contributed by atoms with Gasteiger partial charge < -0.3 is 9.64 Å². The second kappa shape index (κ2) is 7.24. The Labute approximate surface area is 130 Å². The summed E-state index contributed by atoms with van der Waals surface area (Å²) in [5.74, 6) is -0.231. The Morgan fingerprint density at radius 2 is 1.90 bits per heavy atom. The van der Waals surface area contributed by atoms with Crippen LogP contribution in [0.1, 0.15) is 27.9 Å². The number of ether oxygens (including phenoxy) is 1. The number of rotatable bonds is 6. The largest absolute Gasteiger partial charge is 0.385 e. The van der Waals surface area contributed by atoms with Gasteiger partial charge in [0.2, 0.25) is 0 Å². The Balaban J connectivity index is 3.10. The summed E-state index contributed by atoms with van der Waals surface area (Å²) in [4.78, 5) is 13.9. The van der Waals surface area contributed by atoms with Gasteiger partial charge in [0.1, 0.15) is 0 Å². The van der Waals surface area contributed by atoms with E-state index in [-0.39, 0.29) is 10.8 Å². The highest BCUT2D eigenvalue weighted by molar-refractivity contribution is 8.13. The van der Waals surface area contributed by atoms with Crippen molar-refractivity contribution in [3.63, 3.8) is 0 Å². The summed E-state index contributed by atoms with van der Waals surface area (Å²) < 4.78 is 28.0. The van der Waals surface area contributed by atoms with Crippen LogP contribution in [0.5, 0.6) is 0 Å². The van der Waals surface area contributed by atoms with Gasteiger partial charge in [-0.1, -0.05) is 6.07 Å². The molecule has 0 heterocycles. The van der Waals surface area contributed by atoms with E-state index < -0.39 is 9.05 Å². The molecule has 1 rings (SSSR count). The van der Waals surface area contributed by atoms with Crippen LogP contribution in [-0.4, -0.2) is 46.5 Å². The number of carbonyl (C=O) groups is 1. The standard InChI is InChI=1S/C14H20ClNO4S/c1-10-8-11(2)13(21(15,18)19)9-12(10)14(17)16(3)6-5-7-20-4/h8-9H,5-7H2,1-4H3. The smallest absolute Gasteiger partial charge is 0.261 e. The van der Waals surface area contributed by atoms with E-state index >= 15 is 0 Å². The zero-order valence-electron chi connectivity index (χ0n) is 12.6. The van der Waals surface area contributed by atoms with Crippen molar-refractivity contribution < 1.29 is 17.9 Å². The molecule has 0 unspecified atom stereocenters. The van der Waals surface area contributed by atoms with Crippen molar-refractivity contribution in [2.75, 3.05) is 27.3 Å². The summed E-state index contributed by atoms with van der Waals surface area (Å²) in [6.07, 6.45) is 0.713. The second-order valence-corrected chi connectivity index (χ2v) is 7.48. The number of halogens is 1. The van der Waals surface area contributed by atoms with E-state index in [4.69, 9.17) is 15.4 Å². The van der Waals surface area contributed by atoms with E-state index in [2.05, 4.69) is 0 Å². The highest BCUT2D eigenvalue weighted by Gasteiger charge is 2.20. The molecule has 0 aliphatic rings. The molecule has 0 spiro atoms. The van der Waals surface area contributed by atoms with E-state index in [1.807, 2.05) is 0 Å². The molecule has 118 valence electrons. The molecule has 0 fully saturated rings. The number of hydrogen-bond acceptors (Lipinski definition) is 4. The van der Waals surface area contributed by atoms with Gasteiger partial charge in [-0.3, -0.25) is 4.79 Å². The van der Waals surface area contributed by atoms with Gasteiger partial charge in [0.25, 0.3) is 15.0 Å². The first kappa shape index (κ1) is 17.9. The number of hydrogen-bond donors (Lipinski definition) is 0. The molecule has 0 aromatic heterocycles. The molecule has 0 N–H and O–H groups in total. The number of aryl methyl sites for hydroxylation is 2. The zero-order chi connectivity index (χ0) is 16.2. The van der Waals surface area contributed by atoms with Crippen LogP contribution in [0, 0.1) is 13.8 Å². The van der Waals surface area contributed by atoms with Crippen LogP contribution < -0.4 is 0 Å². The van der Waals surface area contributed by atoms with Gasteiger partial charge in [-0.25, -0.2) is 8.42 Å². The monoisotopic (exact) mass is 333 g/mol. The molecular weight excluding hydrogens is 314 g/mol. The fraction of sp³-hybridized carbons (Fsp3) is 0.500. The summed E-state index contributed by atoms with van der Waals surface area (Å²) in [5, 5.41) is 0. The maximum atomic E-state index is 12.4. The zero-order valence-corrected chi connectivity index (χ0v) is 14.2. The fourth-order valence-corrected chi connectivity index (χ4v) is 3.28. The fourth-order valence-electron chi connectivity index (χ4n) is 2.08. The Morgan fingerprint density at radius 3 is 2.43 bits per heavy atom. The predicted molar refractivity (Wildman–Crippen MR) is 82.4 cm³/mol. The Bertz CT molecular complexity index is 628. The van der Waals surface area contributed by atoms with Crippen LogP contribution in [0.2, 0.25) is 0 Å². The van der Waals surface area contributed by atoms with Gasteiger partial charge in [-0.15, -0.1) is 0 Å². The minimum Gasteiger partial charge on any atom is -0.385 e. The van der Waals surface area contributed by atoms with Gasteiger partial charge in [0.05, 0.1) is 4.90 Å². The van der Waals surface area contributed by atoms with Gasteiger partial charge in [0, 0.05) is 43.6 Å². The third-order valence-electron chi connectivity index (χ3n) is 3.20. The molecule has 0 bridgehead atoms. The summed E-state index contributed by atoms with van der Waals surface area (Å²) in [5.41, 5.74) is 1.60. The molecule has 1 aromatic rings. The first-order chi connectivity index (χ1) is 9.68. The summed E-state index contributed by atoms with van der Waals surface area (Å²) in [7, 11) is 4.81. The van der Waals surface area contributed by atoms with E-state index in [0.29, 0.717) is 30.7 Å². The molecule has 0 saturated carbocycles. The van der Waals surface area contributed by atoms with E-state index in [1.54, 1.807) is 39.0 Å². The number of benzene rings is 1. The molecule has 1 aromatic carbocycles. The van der Waals surface area contributed by atoms with Crippen molar-refractivity contribution in [2.24, 2.45) is 0 Å². The lowest BCUT2D eigenvalue weighted by Gasteiger charge is -2.19. The second-order valence-electron chi connectivity index (χ2n) is 4.94. The molecule has 0 aliphatic heterocycles. The molecule has 1 amide bonds. The number of carbonyl (C=O) groups excluding carboxylic acids is 1. The van der Waals surface area contributed by atoms with Gasteiger partial charge in [-0.2, -0.15) is 0 Å². The average Bonchev–Trinajstić information content (AvgIpc) is 2.36. The molecule has 0 radical (unpaired) electrons. The van der Waals surface area contributed by atoms with Crippen molar-refractivity contribution in [3.8, 4) is 0 Å². The molecule has 5 nitrogen and oxygen atoms in total. The van der Waals surface area contributed by atoms with Crippen molar-refractivity contribution in [1.29, 1.82) is 0 Å². The number of methoxy groups -OCH3 is 1. The molecule has 0 atom stereocenters. The van der Waals surface area contributed by atoms with E-state index in [9.17, 15) is 13.2 Å². The topological polar surface area (TPSA) is 63.7 Å². The lowest BCUT2D eigenvalue weighted by molar-refractivity contribution is 0.0778. The quantitative estimate of drug-likeness (QED) is 0.592. The van der Waals surface area contributed by atoms with Crippen LogP contribution in [0.3, 0.4) is 0 Å². The van der Waals surface area contributed by atoms with Gasteiger partial charge >= 0.3 is 0 Å². The van der Waals surface area contributed by atoms with Crippen LogP contribution in [0.15, 0.2) is 17.0 Å². The minimum absolute atomic E-state index is 0.0246. The SMILES string of the molecule is COCCCN(C)C(=O)c1cc(S(=O)(=O)Cl)c(C)cc1C. The van der Waals surface area contributed by atoms with Gasteiger partial charge in [-0.05, 0) is 37.5 Å². The van der Waals surface area contributed by atoms with E-state index in [1.165, 1.54) is 6.07 Å². The summed E-state index contributed by atoms with van der Waals surface area (Å²) in [6, 6.07) is 3.01. The minimum atomic E-state index is -3.87. The Morgan fingerprint density at radius 1 is 1.29 bits per heavy atom. The Kier molecular flexibility index (Phi) is 6.19. The average molecular weight is 334 g/mol. The van der Waals surface area contributed by atoms with Crippen molar-refractivity contribution in [3.05, 3.63) is 28.8 Å². The van der Waals surface area contributed by atoms with Crippen LogP contribution in [0.25, 0.3) is 0 Å². The van der Waals surface area contributed by atoms with E-state index in [0.717, 1.165) is 5.56 Å². The highest BCUT2D eigenvalue weighted by atomic mass is 35.7. The molecule has 0 aliphatic carbocycles. The first-order valence-electron chi connectivity index (χ1n) is 6.48. The van der Waals surface area contributed by atoms with Crippen molar-refractivity contribution in [2.45, 2.75) is 25.2 Å².